The highest BCUT2D eigenvalue weighted by Crippen LogP contribution is 2.11. The molecule has 1 aromatic rings. The third-order valence-electron chi connectivity index (χ3n) is 1.96. The summed E-state index contributed by atoms with van der Waals surface area (Å²) < 4.78 is 0. The Balaban J connectivity index is 2.89. The van der Waals surface area contributed by atoms with Crippen molar-refractivity contribution in [2.45, 2.75) is 19.8 Å². The lowest BCUT2D eigenvalue weighted by molar-refractivity contribution is 0.570. The van der Waals surface area contributed by atoms with Crippen molar-refractivity contribution in [3.05, 3.63) is 41.5 Å². The molecule has 0 saturated carbocycles. The molecule has 0 spiro atoms. The molecule has 0 radical (unpaired) electrons. The molecule has 72 valence electrons. The van der Waals surface area contributed by atoms with Gasteiger partial charge in [0.2, 0.25) is 0 Å². The van der Waals surface area contributed by atoms with Gasteiger partial charge in [-0.05, 0) is 17.5 Å². The summed E-state index contributed by atoms with van der Waals surface area (Å²) in [5.74, 6) is 1.81. The Morgan fingerprint density at radius 3 is 2.64 bits per heavy atom. The maximum Gasteiger partial charge on any atom is 0.125 e. The molecule has 0 unspecified atom stereocenters. The lowest BCUT2D eigenvalue weighted by Crippen LogP contribution is -1.79. The van der Waals surface area contributed by atoms with E-state index in [-0.39, 0.29) is 0 Å². The van der Waals surface area contributed by atoms with E-state index < -0.39 is 0 Å². The zero-order valence-electron chi connectivity index (χ0n) is 8.36. The Labute approximate surface area is 84.8 Å². The summed E-state index contributed by atoms with van der Waals surface area (Å²) >= 11 is 0. The van der Waals surface area contributed by atoms with E-state index in [0.717, 1.165) is 24.0 Å². The Hall–Kier alpha value is -1.59. The Bertz CT molecular complexity index is 357. The maximum absolute atomic E-state index is 10.3. The number of rotatable bonds is 4. The number of benzene rings is 1. The number of carbonyl (C=O) groups excluding carboxylic acids is 1. The van der Waals surface area contributed by atoms with Gasteiger partial charge in [-0.25, -0.2) is 4.79 Å². The Kier molecular flexibility index (Phi) is 4.46. The third-order valence-corrected chi connectivity index (χ3v) is 1.96. The van der Waals surface area contributed by atoms with Crippen molar-refractivity contribution in [3.8, 4) is 0 Å². The lowest BCUT2D eigenvalue weighted by Gasteiger charge is -1.97. The van der Waals surface area contributed by atoms with Crippen LogP contribution in [-0.2, 0) is 4.79 Å². The van der Waals surface area contributed by atoms with Crippen molar-refractivity contribution in [2.24, 2.45) is 0 Å². The van der Waals surface area contributed by atoms with E-state index in [2.05, 4.69) is 13.0 Å². The normalized spacial score (nSPS) is 10.1. The molecule has 0 bridgehead atoms. The van der Waals surface area contributed by atoms with E-state index >= 15 is 0 Å². The van der Waals surface area contributed by atoms with E-state index in [1.807, 2.05) is 30.3 Å². The fourth-order valence-electron chi connectivity index (χ4n) is 1.23. The number of hydrogen-bond donors (Lipinski definition) is 0. The fourth-order valence-corrected chi connectivity index (χ4v) is 1.23. The quantitative estimate of drug-likeness (QED) is 0.659. The van der Waals surface area contributed by atoms with Crippen molar-refractivity contribution in [1.29, 1.82) is 0 Å². The molecule has 0 aliphatic carbocycles. The molecule has 0 aliphatic rings. The molecule has 0 aliphatic heterocycles. The smallest absolute Gasteiger partial charge is 0.125 e. The van der Waals surface area contributed by atoms with Gasteiger partial charge in [0.15, 0.2) is 0 Å². The van der Waals surface area contributed by atoms with Gasteiger partial charge in [-0.2, -0.15) is 0 Å². The molecular formula is C13H14O. The van der Waals surface area contributed by atoms with Gasteiger partial charge in [0, 0.05) is 6.08 Å². The average Bonchev–Trinajstić information content (AvgIpc) is 2.21. The van der Waals surface area contributed by atoms with Crippen LogP contribution >= 0.6 is 0 Å². The third kappa shape index (κ3) is 3.04. The molecule has 0 aromatic heterocycles. The van der Waals surface area contributed by atoms with E-state index in [1.54, 1.807) is 5.94 Å². The molecule has 1 nitrogen and oxygen atoms in total. The first-order chi connectivity index (χ1) is 6.88. The monoisotopic (exact) mass is 186 g/mol. The molecular weight excluding hydrogens is 172 g/mol. The van der Waals surface area contributed by atoms with Gasteiger partial charge in [-0.3, -0.25) is 0 Å². The second-order valence-electron chi connectivity index (χ2n) is 3.08. The first-order valence-electron chi connectivity index (χ1n) is 4.85. The summed E-state index contributed by atoms with van der Waals surface area (Å²) in [7, 11) is 0. The SMILES string of the molecule is CCC/C=C\c1ccccc1C=C=O. The highest BCUT2D eigenvalue weighted by atomic mass is 16.1. The predicted molar refractivity (Wildman–Crippen MR) is 60.5 cm³/mol. The maximum atomic E-state index is 10.3. The standard InChI is InChI=1S/C13H14O/c1-2-3-4-7-12-8-5-6-9-13(12)10-11-14/h4-10H,2-3H2,1H3/b7-4-. The van der Waals surface area contributed by atoms with Gasteiger partial charge in [-0.15, -0.1) is 0 Å². The largest absolute Gasteiger partial charge is 0.233 e. The number of hydrogen-bond acceptors (Lipinski definition) is 1. The van der Waals surface area contributed by atoms with Crippen LogP contribution in [0.2, 0.25) is 0 Å². The fraction of sp³-hybridized carbons (Fsp3) is 0.231. The number of allylic oxidation sites excluding steroid dienone is 1. The van der Waals surface area contributed by atoms with Crippen LogP contribution in [0.4, 0.5) is 0 Å². The van der Waals surface area contributed by atoms with Crippen molar-refractivity contribution in [3.63, 3.8) is 0 Å². The minimum Gasteiger partial charge on any atom is -0.233 e. The van der Waals surface area contributed by atoms with E-state index in [0.29, 0.717) is 0 Å². The van der Waals surface area contributed by atoms with Gasteiger partial charge < -0.3 is 0 Å². The average molecular weight is 186 g/mol. The first kappa shape index (κ1) is 10.5. The Morgan fingerprint density at radius 1 is 1.29 bits per heavy atom. The van der Waals surface area contributed by atoms with Gasteiger partial charge >= 0.3 is 0 Å². The molecule has 0 saturated heterocycles. The molecule has 14 heavy (non-hydrogen) atoms. The van der Waals surface area contributed by atoms with E-state index in [1.165, 1.54) is 6.08 Å². The molecule has 1 heteroatoms. The number of unbranched alkanes of at least 4 members (excludes halogenated alkanes) is 1. The van der Waals surface area contributed by atoms with Crippen LogP contribution in [0.3, 0.4) is 0 Å². The second kappa shape index (κ2) is 5.95. The van der Waals surface area contributed by atoms with Crippen molar-refractivity contribution >= 4 is 18.1 Å². The van der Waals surface area contributed by atoms with E-state index in [4.69, 9.17) is 0 Å². The molecule has 0 N–H and O–H groups in total. The minimum atomic E-state index is 0.926. The molecule has 0 fully saturated rings. The zero-order valence-corrected chi connectivity index (χ0v) is 8.36. The highest BCUT2D eigenvalue weighted by molar-refractivity contribution is 5.79. The topological polar surface area (TPSA) is 17.1 Å². The van der Waals surface area contributed by atoms with Gasteiger partial charge in [0.1, 0.15) is 5.94 Å². The van der Waals surface area contributed by atoms with Crippen molar-refractivity contribution < 1.29 is 4.79 Å². The van der Waals surface area contributed by atoms with Gasteiger partial charge in [-0.1, -0.05) is 49.8 Å². The summed E-state index contributed by atoms with van der Waals surface area (Å²) in [6.07, 6.45) is 7.84. The summed E-state index contributed by atoms with van der Waals surface area (Å²) in [6.45, 7) is 2.14. The first-order valence-corrected chi connectivity index (χ1v) is 4.85. The summed E-state index contributed by atoms with van der Waals surface area (Å²) in [4.78, 5) is 10.3. The van der Waals surface area contributed by atoms with Crippen LogP contribution in [-0.4, -0.2) is 5.94 Å². The summed E-state index contributed by atoms with van der Waals surface area (Å²) in [5.41, 5.74) is 2.00. The van der Waals surface area contributed by atoms with E-state index in [9.17, 15) is 4.79 Å². The van der Waals surface area contributed by atoms with Crippen molar-refractivity contribution in [2.75, 3.05) is 0 Å². The van der Waals surface area contributed by atoms with Crippen molar-refractivity contribution in [1.82, 2.24) is 0 Å². The summed E-state index contributed by atoms with van der Waals surface area (Å²) in [6, 6.07) is 7.79. The molecule has 0 atom stereocenters. The molecule has 1 aromatic carbocycles. The van der Waals surface area contributed by atoms with Crippen LogP contribution in [0.5, 0.6) is 0 Å². The van der Waals surface area contributed by atoms with Crippen LogP contribution in [0, 0.1) is 0 Å². The molecule has 0 amide bonds. The molecule has 1 rings (SSSR count). The van der Waals surface area contributed by atoms with Crippen LogP contribution < -0.4 is 0 Å². The Morgan fingerprint density at radius 2 is 2.00 bits per heavy atom. The lowest BCUT2D eigenvalue weighted by atomic mass is 10.1. The second-order valence-corrected chi connectivity index (χ2v) is 3.08. The van der Waals surface area contributed by atoms with Gasteiger partial charge in [0.05, 0.1) is 0 Å². The summed E-state index contributed by atoms with van der Waals surface area (Å²) in [5, 5.41) is 0. The van der Waals surface area contributed by atoms with Crippen LogP contribution in [0.15, 0.2) is 30.3 Å². The minimum absolute atomic E-state index is 0.926. The van der Waals surface area contributed by atoms with Crippen LogP contribution in [0.1, 0.15) is 30.9 Å². The van der Waals surface area contributed by atoms with Crippen LogP contribution in [0.25, 0.3) is 12.2 Å². The highest BCUT2D eigenvalue weighted by Gasteiger charge is 1.93. The molecule has 0 heterocycles. The predicted octanol–water partition coefficient (Wildman–Crippen LogP) is 3.34. The van der Waals surface area contributed by atoms with Gasteiger partial charge in [0.25, 0.3) is 0 Å². The zero-order chi connectivity index (χ0) is 10.2.